The number of carbonyl (C=O) groups excluding carboxylic acids is 1. The fourth-order valence-electron chi connectivity index (χ4n) is 2.78. The topological polar surface area (TPSA) is 77.7 Å². The van der Waals surface area contributed by atoms with Gasteiger partial charge in [0.05, 0.1) is 11.7 Å². The zero-order valence-electron chi connectivity index (χ0n) is 12.7. The Kier molecular flexibility index (Phi) is 3.28. The molecule has 0 aliphatic heterocycles. The Morgan fingerprint density at radius 1 is 1.45 bits per heavy atom. The third-order valence-electron chi connectivity index (χ3n) is 4.40. The summed E-state index contributed by atoms with van der Waals surface area (Å²) in [6.45, 7) is 3.57. The predicted octanol–water partition coefficient (Wildman–Crippen LogP) is 1.77. The molecule has 3 rings (SSSR count). The highest BCUT2D eigenvalue weighted by molar-refractivity contribution is 7.92. The molecule has 0 radical (unpaired) electrons. The summed E-state index contributed by atoms with van der Waals surface area (Å²) in [6.07, 6.45) is 4.81. The van der Waals surface area contributed by atoms with Crippen LogP contribution in [-0.2, 0) is 14.6 Å². The van der Waals surface area contributed by atoms with Gasteiger partial charge in [-0.15, -0.1) is 0 Å². The molecule has 118 valence electrons. The van der Waals surface area contributed by atoms with E-state index in [4.69, 9.17) is 4.74 Å². The molecule has 1 unspecified atom stereocenters. The Bertz CT molecular complexity index is 850. The van der Waals surface area contributed by atoms with Crippen LogP contribution in [0.5, 0.6) is 0 Å². The van der Waals surface area contributed by atoms with Crippen molar-refractivity contribution in [2.75, 3.05) is 6.26 Å². The minimum Gasteiger partial charge on any atom is -0.457 e. The maximum Gasteiger partial charge on any atom is 0.342 e. The van der Waals surface area contributed by atoms with Gasteiger partial charge in [-0.2, -0.15) is 5.10 Å². The van der Waals surface area contributed by atoms with Gasteiger partial charge in [0.2, 0.25) is 0 Å². The summed E-state index contributed by atoms with van der Waals surface area (Å²) >= 11 is 0. The van der Waals surface area contributed by atoms with Crippen molar-refractivity contribution in [1.29, 1.82) is 0 Å². The van der Waals surface area contributed by atoms with Gasteiger partial charge in [0.25, 0.3) is 0 Å². The molecule has 1 aliphatic carbocycles. The maximum atomic E-state index is 12.4. The number of hydrogen-bond donors (Lipinski definition) is 0. The Balaban J connectivity index is 1.87. The van der Waals surface area contributed by atoms with Gasteiger partial charge in [-0.3, -0.25) is 0 Å². The third-order valence-corrected chi connectivity index (χ3v) is 6.62. The molecule has 2 aromatic rings. The molecule has 6 nitrogen and oxygen atoms in total. The molecule has 22 heavy (non-hydrogen) atoms. The van der Waals surface area contributed by atoms with Crippen molar-refractivity contribution in [1.82, 2.24) is 9.61 Å². The molecule has 0 spiro atoms. The number of esters is 1. The predicted molar refractivity (Wildman–Crippen MR) is 81.6 cm³/mol. The smallest absolute Gasteiger partial charge is 0.342 e. The molecule has 1 atom stereocenters. The lowest BCUT2D eigenvalue weighted by Crippen LogP contribution is -2.37. The van der Waals surface area contributed by atoms with Crippen LogP contribution >= 0.6 is 0 Å². The van der Waals surface area contributed by atoms with Crippen LogP contribution in [0.15, 0.2) is 24.5 Å². The summed E-state index contributed by atoms with van der Waals surface area (Å²) in [5.41, 5.74) is 2.01. The van der Waals surface area contributed by atoms with Gasteiger partial charge in [0.1, 0.15) is 16.4 Å². The van der Waals surface area contributed by atoms with Crippen molar-refractivity contribution < 1.29 is 17.9 Å². The first kappa shape index (κ1) is 15.0. The number of rotatable bonds is 4. The first-order chi connectivity index (χ1) is 10.2. The van der Waals surface area contributed by atoms with Gasteiger partial charge >= 0.3 is 5.97 Å². The molecule has 1 fully saturated rings. The number of pyridine rings is 1. The maximum absolute atomic E-state index is 12.4. The van der Waals surface area contributed by atoms with E-state index in [1.54, 1.807) is 17.6 Å². The van der Waals surface area contributed by atoms with Crippen LogP contribution in [0.4, 0.5) is 0 Å². The second kappa shape index (κ2) is 4.81. The van der Waals surface area contributed by atoms with E-state index in [1.165, 1.54) is 12.5 Å². The quantitative estimate of drug-likeness (QED) is 0.802. The first-order valence-electron chi connectivity index (χ1n) is 7.09. The molecule has 0 saturated heterocycles. The van der Waals surface area contributed by atoms with Crippen LogP contribution in [0.25, 0.3) is 5.52 Å². The highest BCUT2D eigenvalue weighted by Gasteiger charge is 2.58. The molecular formula is C15H18N2O4S. The Morgan fingerprint density at radius 3 is 2.73 bits per heavy atom. The SMILES string of the molecule is Cc1ccn2ncc(C(=O)OC(C)C3(S(C)(=O)=O)CC3)c2c1. The molecule has 1 saturated carbocycles. The lowest BCUT2D eigenvalue weighted by Gasteiger charge is -2.21. The van der Waals surface area contributed by atoms with Gasteiger partial charge in [-0.05, 0) is 44.4 Å². The van der Waals surface area contributed by atoms with E-state index >= 15 is 0 Å². The zero-order valence-corrected chi connectivity index (χ0v) is 13.6. The largest absolute Gasteiger partial charge is 0.457 e. The van der Waals surface area contributed by atoms with E-state index in [0.29, 0.717) is 23.9 Å². The number of sulfone groups is 1. The fourth-order valence-corrected chi connectivity index (χ4v) is 4.27. The van der Waals surface area contributed by atoms with Crippen LogP contribution in [0.2, 0.25) is 0 Å². The minimum atomic E-state index is -3.25. The number of aryl methyl sites for hydroxylation is 1. The van der Waals surface area contributed by atoms with Crippen LogP contribution in [0.3, 0.4) is 0 Å². The van der Waals surface area contributed by atoms with Crippen LogP contribution < -0.4 is 0 Å². The molecule has 0 aromatic carbocycles. The Morgan fingerprint density at radius 2 is 2.14 bits per heavy atom. The van der Waals surface area contributed by atoms with Gasteiger partial charge in [-0.25, -0.2) is 17.7 Å². The van der Waals surface area contributed by atoms with Gasteiger partial charge in [-0.1, -0.05) is 0 Å². The number of ether oxygens (including phenoxy) is 1. The number of aromatic nitrogens is 2. The van der Waals surface area contributed by atoms with E-state index < -0.39 is 26.7 Å². The van der Waals surface area contributed by atoms with Crippen molar-refractivity contribution in [3.8, 4) is 0 Å². The van der Waals surface area contributed by atoms with Crippen molar-refractivity contribution >= 4 is 21.3 Å². The summed E-state index contributed by atoms with van der Waals surface area (Å²) in [4.78, 5) is 12.4. The van der Waals surface area contributed by atoms with E-state index in [-0.39, 0.29) is 0 Å². The highest BCUT2D eigenvalue weighted by atomic mass is 32.2. The zero-order chi connectivity index (χ0) is 16.1. The first-order valence-corrected chi connectivity index (χ1v) is 8.98. The van der Waals surface area contributed by atoms with E-state index in [2.05, 4.69) is 5.10 Å². The highest BCUT2D eigenvalue weighted by Crippen LogP contribution is 2.47. The minimum absolute atomic E-state index is 0.347. The van der Waals surface area contributed by atoms with Crippen LogP contribution in [0.1, 0.15) is 35.7 Å². The van der Waals surface area contributed by atoms with E-state index in [0.717, 1.165) is 5.56 Å². The average Bonchev–Trinajstić information content (AvgIpc) is 3.14. The summed E-state index contributed by atoms with van der Waals surface area (Å²) in [7, 11) is -3.25. The average molecular weight is 322 g/mol. The second-order valence-corrected chi connectivity index (χ2v) is 8.33. The number of carbonyl (C=O) groups is 1. The standard InChI is InChI=1S/C15H18N2O4S/c1-10-4-7-17-13(8-10)12(9-16-17)14(18)21-11(2)15(5-6-15)22(3,19)20/h4,7-9,11H,5-6H2,1-3H3. The van der Waals surface area contributed by atoms with Gasteiger partial charge in [0.15, 0.2) is 9.84 Å². The normalized spacial score (nSPS) is 18.1. The van der Waals surface area contributed by atoms with E-state index in [9.17, 15) is 13.2 Å². The third kappa shape index (κ3) is 2.29. The van der Waals surface area contributed by atoms with Gasteiger partial charge in [0, 0.05) is 12.5 Å². The molecule has 0 N–H and O–H groups in total. The Hall–Kier alpha value is -1.89. The van der Waals surface area contributed by atoms with Crippen molar-refractivity contribution in [2.45, 2.75) is 37.5 Å². The lowest BCUT2D eigenvalue weighted by atomic mass is 10.2. The molecule has 1 aliphatic rings. The lowest BCUT2D eigenvalue weighted by molar-refractivity contribution is 0.0319. The molecule has 2 aromatic heterocycles. The fraction of sp³-hybridized carbons (Fsp3) is 0.467. The van der Waals surface area contributed by atoms with Crippen LogP contribution in [0, 0.1) is 6.92 Å². The van der Waals surface area contributed by atoms with Crippen molar-refractivity contribution in [2.24, 2.45) is 0 Å². The van der Waals surface area contributed by atoms with Crippen molar-refractivity contribution in [3.63, 3.8) is 0 Å². The molecule has 2 heterocycles. The van der Waals surface area contributed by atoms with Crippen molar-refractivity contribution in [3.05, 3.63) is 35.7 Å². The number of fused-ring (bicyclic) bond motifs is 1. The summed E-state index contributed by atoms with van der Waals surface area (Å²) in [5, 5.41) is 4.11. The van der Waals surface area contributed by atoms with Gasteiger partial charge < -0.3 is 4.74 Å². The molecular weight excluding hydrogens is 304 g/mol. The van der Waals surface area contributed by atoms with Crippen LogP contribution in [-0.4, -0.2) is 41.1 Å². The van der Waals surface area contributed by atoms with E-state index in [1.807, 2.05) is 19.1 Å². The summed E-state index contributed by atoms with van der Waals surface area (Å²) < 4.78 is 29.9. The monoisotopic (exact) mass is 322 g/mol. The number of nitrogens with zero attached hydrogens (tertiary/aromatic N) is 2. The molecule has 0 bridgehead atoms. The summed E-state index contributed by atoms with van der Waals surface area (Å²) in [5.74, 6) is -0.539. The second-order valence-electron chi connectivity index (χ2n) is 5.98. The summed E-state index contributed by atoms with van der Waals surface area (Å²) in [6, 6.07) is 3.73. The Labute approximate surface area is 129 Å². The molecule has 7 heteroatoms. The number of hydrogen-bond acceptors (Lipinski definition) is 5. The molecule has 0 amide bonds.